The predicted molar refractivity (Wildman–Crippen MR) is 84.0 cm³/mol. The van der Waals surface area contributed by atoms with E-state index in [0.717, 1.165) is 5.56 Å². The van der Waals surface area contributed by atoms with Gasteiger partial charge < -0.3 is 9.73 Å². The van der Waals surface area contributed by atoms with Crippen LogP contribution in [0.15, 0.2) is 32.2 Å². The number of hydrogen-bond acceptors (Lipinski definition) is 5. The fraction of sp³-hybridized carbons (Fsp3) is 0.429. The van der Waals surface area contributed by atoms with Gasteiger partial charge in [-0.15, -0.1) is 0 Å². The molecule has 1 unspecified atom stereocenters. The second kappa shape index (κ2) is 6.74. The van der Waals surface area contributed by atoms with Gasteiger partial charge in [0.15, 0.2) is 0 Å². The van der Waals surface area contributed by atoms with Gasteiger partial charge in [-0.25, -0.2) is 13.1 Å². The summed E-state index contributed by atoms with van der Waals surface area (Å²) < 4.78 is 33.0. The number of nitrogens with one attached hydrogen (secondary N) is 2. The normalized spacial score (nSPS) is 13.5. The molecule has 0 aliphatic rings. The fourth-order valence-electron chi connectivity index (χ4n) is 2.18. The van der Waals surface area contributed by atoms with Crippen LogP contribution in [0.2, 0.25) is 0 Å². The molecule has 2 N–H and O–H groups in total. The molecule has 0 saturated heterocycles. The molecule has 0 aromatic carbocycles. The van der Waals surface area contributed by atoms with Gasteiger partial charge in [-0.1, -0.05) is 0 Å². The van der Waals surface area contributed by atoms with Crippen LogP contribution in [0.25, 0.3) is 0 Å². The van der Waals surface area contributed by atoms with Crippen LogP contribution in [0.4, 0.5) is 0 Å². The van der Waals surface area contributed by atoms with Gasteiger partial charge in [0, 0.05) is 12.1 Å². The largest absolute Gasteiger partial charge is 0.464 e. The van der Waals surface area contributed by atoms with Gasteiger partial charge in [-0.2, -0.15) is 11.3 Å². The Hall–Kier alpha value is -1.15. The highest BCUT2D eigenvalue weighted by Gasteiger charge is 2.23. The molecule has 0 radical (unpaired) electrons. The summed E-state index contributed by atoms with van der Waals surface area (Å²) >= 11 is 1.61. The summed E-state index contributed by atoms with van der Waals surface area (Å²) in [7, 11) is -1.77. The summed E-state index contributed by atoms with van der Waals surface area (Å²) in [6.45, 7) is 4.03. The molecule has 0 aliphatic carbocycles. The maximum Gasteiger partial charge on any atom is 0.244 e. The topological polar surface area (TPSA) is 71.3 Å². The van der Waals surface area contributed by atoms with Crippen molar-refractivity contribution < 1.29 is 12.8 Å². The molecule has 2 rings (SSSR count). The Bertz CT molecular complexity index is 675. The first kappa shape index (κ1) is 16.2. The van der Waals surface area contributed by atoms with Crippen LogP contribution in [0, 0.1) is 6.92 Å². The lowest BCUT2D eigenvalue weighted by atomic mass is 10.1. The van der Waals surface area contributed by atoms with Crippen LogP contribution in [-0.4, -0.2) is 21.5 Å². The summed E-state index contributed by atoms with van der Waals surface area (Å²) in [6, 6.07) is 3.40. The lowest BCUT2D eigenvalue weighted by molar-refractivity contribution is 0.465. The molecule has 1 atom stereocenters. The third-order valence-electron chi connectivity index (χ3n) is 3.04. The molecule has 2 heterocycles. The van der Waals surface area contributed by atoms with Gasteiger partial charge in [0.1, 0.15) is 16.4 Å². The highest BCUT2D eigenvalue weighted by atomic mass is 32.2. The zero-order valence-electron chi connectivity index (χ0n) is 12.3. The first-order valence-electron chi connectivity index (χ1n) is 6.69. The monoisotopic (exact) mass is 328 g/mol. The predicted octanol–water partition coefficient (Wildman–Crippen LogP) is 2.28. The van der Waals surface area contributed by atoms with E-state index in [0.29, 0.717) is 24.5 Å². The van der Waals surface area contributed by atoms with Crippen LogP contribution in [0.3, 0.4) is 0 Å². The van der Waals surface area contributed by atoms with Gasteiger partial charge in [-0.3, -0.25) is 0 Å². The molecule has 2 aromatic rings. The third-order valence-corrected chi connectivity index (χ3v) is 5.47. The maximum atomic E-state index is 12.4. The Balaban J connectivity index is 2.10. The molecular weight excluding hydrogens is 308 g/mol. The van der Waals surface area contributed by atoms with Crippen molar-refractivity contribution in [3.05, 3.63) is 40.0 Å². The summed E-state index contributed by atoms with van der Waals surface area (Å²) in [5.74, 6) is 1.02. The fourth-order valence-corrected chi connectivity index (χ4v) is 4.31. The molecular formula is C14H20N2O3S2. The Kier molecular flexibility index (Phi) is 5.21. The molecule has 7 heteroatoms. The van der Waals surface area contributed by atoms with E-state index in [1.165, 1.54) is 0 Å². The molecule has 5 nitrogen and oxygen atoms in total. The Morgan fingerprint density at radius 2 is 2.19 bits per heavy atom. The van der Waals surface area contributed by atoms with Gasteiger partial charge in [0.25, 0.3) is 0 Å². The standard InChI is InChI=1S/C14H20N2O3S2/c1-10(6-12-4-5-20-9-12)16-21(17,18)14-7-13(8-15-3)19-11(14)2/h4-5,7,9-10,15-16H,6,8H2,1-3H3. The third kappa shape index (κ3) is 4.16. The minimum atomic E-state index is -3.56. The lowest BCUT2D eigenvalue weighted by Crippen LogP contribution is -2.34. The summed E-state index contributed by atoms with van der Waals surface area (Å²) in [5.41, 5.74) is 1.13. The van der Waals surface area contributed by atoms with Crippen LogP contribution in [0.5, 0.6) is 0 Å². The zero-order valence-corrected chi connectivity index (χ0v) is 14.0. The van der Waals surface area contributed by atoms with Crippen molar-refractivity contribution in [1.29, 1.82) is 0 Å². The van der Waals surface area contributed by atoms with Gasteiger partial charge in [0.05, 0.1) is 6.54 Å². The highest BCUT2D eigenvalue weighted by molar-refractivity contribution is 7.89. The van der Waals surface area contributed by atoms with E-state index in [2.05, 4.69) is 10.0 Å². The molecule has 2 aromatic heterocycles. The molecule has 0 saturated carbocycles. The number of furan rings is 1. The first-order valence-corrected chi connectivity index (χ1v) is 9.12. The van der Waals surface area contributed by atoms with Gasteiger partial charge in [-0.05, 0) is 49.7 Å². The van der Waals surface area contributed by atoms with Crippen molar-refractivity contribution >= 4 is 21.4 Å². The Morgan fingerprint density at radius 1 is 1.43 bits per heavy atom. The van der Waals surface area contributed by atoms with E-state index in [9.17, 15) is 8.42 Å². The van der Waals surface area contributed by atoms with Crippen LogP contribution >= 0.6 is 11.3 Å². The van der Waals surface area contributed by atoms with E-state index in [4.69, 9.17) is 4.42 Å². The average molecular weight is 328 g/mol. The van der Waals surface area contributed by atoms with Crippen molar-refractivity contribution in [3.8, 4) is 0 Å². The van der Waals surface area contributed by atoms with Crippen molar-refractivity contribution in [2.75, 3.05) is 7.05 Å². The zero-order chi connectivity index (χ0) is 15.5. The molecule has 0 amide bonds. The highest BCUT2D eigenvalue weighted by Crippen LogP contribution is 2.20. The second-order valence-electron chi connectivity index (χ2n) is 5.02. The van der Waals surface area contributed by atoms with E-state index in [1.54, 1.807) is 31.4 Å². The Morgan fingerprint density at radius 3 is 2.81 bits per heavy atom. The van der Waals surface area contributed by atoms with Gasteiger partial charge >= 0.3 is 0 Å². The van der Waals surface area contributed by atoms with Crippen molar-refractivity contribution in [3.63, 3.8) is 0 Å². The van der Waals surface area contributed by atoms with Crippen molar-refractivity contribution in [2.45, 2.75) is 37.8 Å². The average Bonchev–Trinajstić information content (AvgIpc) is 2.99. The van der Waals surface area contributed by atoms with E-state index in [1.807, 2.05) is 23.8 Å². The van der Waals surface area contributed by atoms with Crippen LogP contribution in [0.1, 0.15) is 24.0 Å². The number of hydrogen-bond donors (Lipinski definition) is 2. The molecule has 0 bridgehead atoms. The molecule has 21 heavy (non-hydrogen) atoms. The quantitative estimate of drug-likeness (QED) is 0.818. The van der Waals surface area contributed by atoms with E-state index in [-0.39, 0.29) is 10.9 Å². The summed E-state index contributed by atoms with van der Waals surface area (Å²) in [6.07, 6.45) is 0.670. The lowest BCUT2D eigenvalue weighted by Gasteiger charge is -2.13. The van der Waals surface area contributed by atoms with Crippen molar-refractivity contribution in [2.24, 2.45) is 0 Å². The molecule has 0 fully saturated rings. The number of rotatable bonds is 7. The van der Waals surface area contributed by atoms with Crippen molar-refractivity contribution in [1.82, 2.24) is 10.0 Å². The second-order valence-corrected chi connectivity index (χ2v) is 7.48. The minimum Gasteiger partial charge on any atom is -0.464 e. The number of aryl methyl sites for hydroxylation is 1. The molecule has 0 aliphatic heterocycles. The van der Waals surface area contributed by atoms with Crippen LogP contribution in [-0.2, 0) is 23.0 Å². The van der Waals surface area contributed by atoms with Gasteiger partial charge in [0.2, 0.25) is 10.0 Å². The number of thiophene rings is 1. The van der Waals surface area contributed by atoms with Crippen LogP contribution < -0.4 is 10.0 Å². The van der Waals surface area contributed by atoms with E-state index < -0.39 is 10.0 Å². The molecule has 0 spiro atoms. The number of sulfonamides is 1. The summed E-state index contributed by atoms with van der Waals surface area (Å²) in [4.78, 5) is 0.213. The Labute approximate surface area is 129 Å². The summed E-state index contributed by atoms with van der Waals surface area (Å²) in [5, 5.41) is 6.95. The first-order chi connectivity index (χ1) is 9.92. The maximum absolute atomic E-state index is 12.4. The van der Waals surface area contributed by atoms with E-state index >= 15 is 0 Å². The minimum absolute atomic E-state index is 0.174. The molecule has 116 valence electrons. The SMILES string of the molecule is CNCc1cc(S(=O)(=O)NC(C)Cc2ccsc2)c(C)o1. The smallest absolute Gasteiger partial charge is 0.244 e.